The second-order valence-electron chi connectivity index (χ2n) is 5.26. The number of nitrogens with one attached hydrogen (secondary N) is 2. The van der Waals surface area contributed by atoms with Gasteiger partial charge in [-0.05, 0) is 32.7 Å². The van der Waals surface area contributed by atoms with Gasteiger partial charge in [-0.1, -0.05) is 13.3 Å². The number of carboxylic acids is 1. The van der Waals surface area contributed by atoms with Gasteiger partial charge < -0.3 is 10.4 Å². The van der Waals surface area contributed by atoms with Gasteiger partial charge in [0, 0.05) is 6.54 Å². The first-order valence-corrected chi connectivity index (χ1v) is 6.96. The summed E-state index contributed by atoms with van der Waals surface area (Å²) in [5, 5.41) is 14.0. The van der Waals surface area contributed by atoms with E-state index in [9.17, 15) is 19.5 Å². The first kappa shape index (κ1) is 16.4. The molecule has 7 nitrogen and oxygen atoms in total. The molecule has 1 atom stereocenters. The Labute approximate surface area is 118 Å². The van der Waals surface area contributed by atoms with E-state index in [0.717, 1.165) is 19.3 Å². The van der Waals surface area contributed by atoms with Gasteiger partial charge in [0.05, 0.1) is 6.54 Å². The summed E-state index contributed by atoms with van der Waals surface area (Å²) in [6.45, 7) is 4.60. The maximum absolute atomic E-state index is 11.7. The molecule has 0 aromatic carbocycles. The minimum Gasteiger partial charge on any atom is -0.480 e. The topological polar surface area (TPSA) is 98.7 Å². The van der Waals surface area contributed by atoms with Gasteiger partial charge in [0.2, 0.25) is 5.91 Å². The average molecular weight is 285 g/mol. The lowest BCUT2D eigenvalue weighted by atomic mass is 9.99. The zero-order chi connectivity index (χ0) is 15.2. The van der Waals surface area contributed by atoms with Crippen molar-refractivity contribution < 1.29 is 19.5 Å². The van der Waals surface area contributed by atoms with E-state index in [1.54, 1.807) is 11.8 Å². The number of likely N-dealkylation sites (tertiary alicyclic amines) is 1. The Balaban J connectivity index is 2.42. The molecule has 0 aliphatic carbocycles. The molecule has 0 radical (unpaired) electrons. The maximum Gasteiger partial charge on any atom is 0.323 e. The molecule has 114 valence electrons. The summed E-state index contributed by atoms with van der Waals surface area (Å²) in [5.74, 6) is -1.41. The highest BCUT2D eigenvalue weighted by Gasteiger charge is 2.43. The predicted molar refractivity (Wildman–Crippen MR) is 73.3 cm³/mol. The Morgan fingerprint density at radius 2 is 2.05 bits per heavy atom. The number of carbonyl (C=O) groups is 3. The molecule has 0 bridgehead atoms. The SMILES string of the molecule is CCCCNC(=O)NC(=O)CN1CCCC1(C)C(=O)O. The average Bonchev–Trinajstić information content (AvgIpc) is 2.72. The summed E-state index contributed by atoms with van der Waals surface area (Å²) in [5.41, 5.74) is -1.02. The van der Waals surface area contributed by atoms with Crippen molar-refractivity contribution >= 4 is 17.9 Å². The molecule has 20 heavy (non-hydrogen) atoms. The zero-order valence-electron chi connectivity index (χ0n) is 12.1. The lowest BCUT2D eigenvalue weighted by molar-refractivity contribution is -0.149. The van der Waals surface area contributed by atoms with Crippen molar-refractivity contribution in [3.8, 4) is 0 Å². The van der Waals surface area contributed by atoms with E-state index in [-0.39, 0.29) is 6.54 Å². The van der Waals surface area contributed by atoms with Crippen LogP contribution < -0.4 is 10.6 Å². The molecule has 1 saturated heterocycles. The Morgan fingerprint density at radius 1 is 1.35 bits per heavy atom. The van der Waals surface area contributed by atoms with Crippen molar-refractivity contribution in [3.05, 3.63) is 0 Å². The molecule has 0 saturated carbocycles. The summed E-state index contributed by atoms with van der Waals surface area (Å²) in [6, 6.07) is -0.528. The molecule has 3 amide bonds. The minimum absolute atomic E-state index is 0.0794. The third kappa shape index (κ3) is 4.19. The number of carbonyl (C=O) groups excluding carboxylic acids is 2. The summed E-state index contributed by atoms with van der Waals surface area (Å²) < 4.78 is 0. The predicted octanol–water partition coefficient (Wildman–Crippen LogP) is 0.551. The Bertz CT molecular complexity index is 386. The Morgan fingerprint density at radius 3 is 2.65 bits per heavy atom. The molecule has 1 aliphatic rings. The van der Waals surface area contributed by atoms with Crippen molar-refractivity contribution in [2.75, 3.05) is 19.6 Å². The first-order chi connectivity index (χ1) is 9.40. The lowest BCUT2D eigenvalue weighted by Crippen LogP contribution is -2.52. The summed E-state index contributed by atoms with van der Waals surface area (Å²) >= 11 is 0. The Kier molecular flexibility index (Phi) is 5.94. The van der Waals surface area contributed by atoms with Crippen molar-refractivity contribution in [1.29, 1.82) is 0 Å². The summed E-state index contributed by atoms with van der Waals surface area (Å²) in [4.78, 5) is 36.0. The highest BCUT2D eigenvalue weighted by Crippen LogP contribution is 2.28. The van der Waals surface area contributed by atoms with Crippen molar-refractivity contribution in [2.45, 2.75) is 45.1 Å². The molecule has 0 aromatic rings. The van der Waals surface area contributed by atoms with Crippen LogP contribution in [-0.2, 0) is 9.59 Å². The van der Waals surface area contributed by atoms with E-state index >= 15 is 0 Å². The number of hydrogen-bond donors (Lipinski definition) is 3. The zero-order valence-corrected chi connectivity index (χ0v) is 12.1. The monoisotopic (exact) mass is 285 g/mol. The molecule has 1 unspecified atom stereocenters. The van der Waals surface area contributed by atoms with Gasteiger partial charge in [-0.15, -0.1) is 0 Å². The fraction of sp³-hybridized carbons (Fsp3) is 0.769. The van der Waals surface area contributed by atoms with Crippen molar-refractivity contribution in [2.24, 2.45) is 0 Å². The van der Waals surface area contributed by atoms with E-state index in [1.807, 2.05) is 6.92 Å². The van der Waals surface area contributed by atoms with Crippen LogP contribution in [0.5, 0.6) is 0 Å². The number of rotatable bonds is 6. The molecular weight excluding hydrogens is 262 g/mol. The number of imide groups is 1. The summed E-state index contributed by atoms with van der Waals surface area (Å²) in [6.07, 6.45) is 3.06. The second-order valence-corrected chi connectivity index (χ2v) is 5.26. The number of aliphatic carboxylic acids is 1. The molecule has 1 aliphatic heterocycles. The number of urea groups is 1. The van der Waals surface area contributed by atoms with Gasteiger partial charge in [-0.3, -0.25) is 19.8 Å². The highest BCUT2D eigenvalue weighted by molar-refractivity contribution is 5.95. The minimum atomic E-state index is -1.02. The quantitative estimate of drug-likeness (QED) is 0.619. The molecule has 0 spiro atoms. The number of carboxylic acid groups (broad SMARTS) is 1. The Hall–Kier alpha value is -1.63. The highest BCUT2D eigenvalue weighted by atomic mass is 16.4. The van der Waals surface area contributed by atoms with Crippen LogP contribution in [-0.4, -0.2) is 53.1 Å². The van der Waals surface area contributed by atoms with Crippen LogP contribution in [0.15, 0.2) is 0 Å². The number of hydrogen-bond acceptors (Lipinski definition) is 4. The molecule has 1 rings (SSSR count). The fourth-order valence-corrected chi connectivity index (χ4v) is 2.28. The van der Waals surface area contributed by atoms with Crippen LogP contribution in [0.25, 0.3) is 0 Å². The van der Waals surface area contributed by atoms with Crippen molar-refractivity contribution in [1.82, 2.24) is 15.5 Å². The van der Waals surface area contributed by atoms with E-state index < -0.39 is 23.4 Å². The van der Waals surface area contributed by atoms with Crippen LogP contribution in [0.3, 0.4) is 0 Å². The third-order valence-electron chi connectivity index (χ3n) is 3.65. The number of nitrogens with zero attached hydrogens (tertiary/aromatic N) is 1. The molecule has 1 heterocycles. The standard InChI is InChI=1S/C13H23N3O4/c1-3-4-7-14-12(20)15-10(17)9-16-8-5-6-13(16,2)11(18)19/h3-9H2,1-2H3,(H,18,19)(H2,14,15,17,20). The summed E-state index contributed by atoms with van der Waals surface area (Å²) in [7, 11) is 0. The number of unbranched alkanes of at least 4 members (excludes halogenated alkanes) is 1. The third-order valence-corrected chi connectivity index (χ3v) is 3.65. The van der Waals surface area contributed by atoms with Crippen LogP contribution in [0, 0.1) is 0 Å². The van der Waals surface area contributed by atoms with Crippen LogP contribution >= 0.6 is 0 Å². The van der Waals surface area contributed by atoms with E-state index in [4.69, 9.17) is 0 Å². The van der Waals surface area contributed by atoms with E-state index in [0.29, 0.717) is 19.5 Å². The van der Waals surface area contributed by atoms with Gasteiger partial charge in [0.1, 0.15) is 5.54 Å². The van der Waals surface area contributed by atoms with Gasteiger partial charge in [0.15, 0.2) is 0 Å². The van der Waals surface area contributed by atoms with Gasteiger partial charge in [0.25, 0.3) is 0 Å². The first-order valence-electron chi connectivity index (χ1n) is 6.96. The van der Waals surface area contributed by atoms with Crippen LogP contribution in [0.4, 0.5) is 4.79 Å². The van der Waals surface area contributed by atoms with Gasteiger partial charge in [-0.2, -0.15) is 0 Å². The molecule has 0 aromatic heterocycles. The molecule has 1 fully saturated rings. The largest absolute Gasteiger partial charge is 0.480 e. The smallest absolute Gasteiger partial charge is 0.323 e. The molecule has 3 N–H and O–H groups in total. The van der Waals surface area contributed by atoms with Crippen LogP contribution in [0.1, 0.15) is 39.5 Å². The van der Waals surface area contributed by atoms with E-state index in [2.05, 4.69) is 10.6 Å². The normalized spacial score (nSPS) is 22.5. The fourth-order valence-electron chi connectivity index (χ4n) is 2.28. The molecule has 7 heteroatoms. The second kappa shape index (κ2) is 7.23. The van der Waals surface area contributed by atoms with Gasteiger partial charge in [-0.25, -0.2) is 4.79 Å². The number of amides is 3. The molecular formula is C13H23N3O4. The maximum atomic E-state index is 11.7. The van der Waals surface area contributed by atoms with E-state index in [1.165, 1.54) is 0 Å². The van der Waals surface area contributed by atoms with Gasteiger partial charge >= 0.3 is 12.0 Å². The van der Waals surface area contributed by atoms with Crippen molar-refractivity contribution in [3.63, 3.8) is 0 Å². The lowest BCUT2D eigenvalue weighted by Gasteiger charge is -2.30. The van der Waals surface area contributed by atoms with Crippen LogP contribution in [0.2, 0.25) is 0 Å².